The van der Waals surface area contributed by atoms with Crippen molar-refractivity contribution in [3.63, 3.8) is 0 Å². The van der Waals surface area contributed by atoms with Crippen LogP contribution in [0.2, 0.25) is 0 Å². The molecule has 1 aromatic heterocycles. The number of hydrogen-bond acceptors (Lipinski definition) is 3. The predicted octanol–water partition coefficient (Wildman–Crippen LogP) is 1.05. The van der Waals surface area contributed by atoms with Crippen LogP contribution in [0, 0.1) is 0 Å². The Morgan fingerprint density at radius 1 is 1.40 bits per heavy atom. The number of carbonyl (C=O) groups excluding carboxylic acids is 1. The zero-order chi connectivity index (χ0) is 14.6. The third-order valence-corrected chi connectivity index (χ3v) is 3.64. The van der Waals surface area contributed by atoms with E-state index in [1.54, 1.807) is 13.2 Å². The van der Waals surface area contributed by atoms with Gasteiger partial charge in [-0.05, 0) is 12.6 Å². The fourth-order valence-electron chi connectivity index (χ4n) is 2.43. The Balaban J connectivity index is 2.46. The second-order valence-corrected chi connectivity index (χ2v) is 4.71. The largest absolute Gasteiger partial charge is 0.368 e. The molecule has 1 amide bonds. The molecule has 0 saturated carbocycles. The summed E-state index contributed by atoms with van der Waals surface area (Å²) in [5.74, 6) is 0.531. The lowest BCUT2D eigenvalue weighted by Gasteiger charge is -2.31. The molecule has 2 rings (SSSR count). The molecule has 0 spiro atoms. The van der Waals surface area contributed by atoms with E-state index in [0.717, 1.165) is 17.8 Å². The van der Waals surface area contributed by atoms with E-state index in [9.17, 15) is 4.79 Å². The highest BCUT2D eigenvalue weighted by Crippen LogP contribution is 2.23. The molecule has 0 fully saturated rings. The number of aryl methyl sites for hydroxylation is 1. The normalized spacial score (nSPS) is 13.9. The minimum Gasteiger partial charge on any atom is -0.368 e. The van der Waals surface area contributed by atoms with Crippen molar-refractivity contribution in [2.75, 3.05) is 7.05 Å². The standard InChI is InChI=1S/C15H20N4O/c1-3-13-18-9-10-19(13)11-15(17-2,14(16)20)12-7-5-4-6-8-12/h4-10,17H,3,11H2,1-2H3,(H2,16,20). The number of nitrogens with zero attached hydrogens (tertiary/aromatic N) is 2. The first kappa shape index (κ1) is 14.3. The van der Waals surface area contributed by atoms with Crippen molar-refractivity contribution in [2.45, 2.75) is 25.4 Å². The van der Waals surface area contributed by atoms with Crippen molar-refractivity contribution in [3.05, 3.63) is 54.1 Å². The summed E-state index contributed by atoms with van der Waals surface area (Å²) in [5, 5.41) is 3.10. The van der Waals surface area contributed by atoms with Crippen molar-refractivity contribution >= 4 is 5.91 Å². The number of rotatable bonds is 6. The summed E-state index contributed by atoms with van der Waals surface area (Å²) in [7, 11) is 1.75. The summed E-state index contributed by atoms with van der Waals surface area (Å²) >= 11 is 0. The highest BCUT2D eigenvalue weighted by molar-refractivity contribution is 5.86. The summed E-state index contributed by atoms with van der Waals surface area (Å²) in [6, 6.07) is 9.53. The second-order valence-electron chi connectivity index (χ2n) is 4.71. The summed E-state index contributed by atoms with van der Waals surface area (Å²) in [6.45, 7) is 2.46. The maximum Gasteiger partial charge on any atom is 0.244 e. The lowest BCUT2D eigenvalue weighted by Crippen LogP contribution is -2.54. The van der Waals surface area contributed by atoms with E-state index in [1.165, 1.54) is 0 Å². The van der Waals surface area contributed by atoms with Crippen LogP contribution >= 0.6 is 0 Å². The lowest BCUT2D eigenvalue weighted by atomic mass is 9.89. The quantitative estimate of drug-likeness (QED) is 0.825. The van der Waals surface area contributed by atoms with E-state index in [4.69, 9.17) is 5.73 Å². The molecule has 0 radical (unpaired) electrons. The molecule has 2 aromatic rings. The highest BCUT2D eigenvalue weighted by atomic mass is 16.1. The summed E-state index contributed by atoms with van der Waals surface area (Å²) < 4.78 is 1.97. The first-order valence-corrected chi connectivity index (χ1v) is 6.68. The van der Waals surface area contributed by atoms with Crippen LogP contribution in [0.15, 0.2) is 42.7 Å². The van der Waals surface area contributed by atoms with Gasteiger partial charge >= 0.3 is 0 Å². The Hall–Kier alpha value is -2.14. The predicted molar refractivity (Wildman–Crippen MR) is 78.0 cm³/mol. The molecule has 1 heterocycles. The number of likely N-dealkylation sites (N-methyl/N-ethyl adjacent to an activating group) is 1. The monoisotopic (exact) mass is 272 g/mol. The zero-order valence-electron chi connectivity index (χ0n) is 11.8. The smallest absolute Gasteiger partial charge is 0.244 e. The number of primary amides is 1. The van der Waals surface area contributed by atoms with Crippen LogP contribution in [0.5, 0.6) is 0 Å². The van der Waals surface area contributed by atoms with Crippen molar-refractivity contribution in [3.8, 4) is 0 Å². The first-order valence-electron chi connectivity index (χ1n) is 6.68. The Morgan fingerprint density at radius 2 is 2.10 bits per heavy atom. The number of carbonyl (C=O) groups is 1. The number of aromatic nitrogens is 2. The van der Waals surface area contributed by atoms with Gasteiger partial charge in [-0.25, -0.2) is 4.98 Å². The SMILES string of the molecule is CCc1nccn1CC(NC)(C(N)=O)c1ccccc1. The Labute approximate surface area is 118 Å². The van der Waals surface area contributed by atoms with Crippen LogP contribution in [0.25, 0.3) is 0 Å². The van der Waals surface area contributed by atoms with Gasteiger partial charge in [0.2, 0.25) is 5.91 Å². The fraction of sp³-hybridized carbons (Fsp3) is 0.333. The van der Waals surface area contributed by atoms with E-state index >= 15 is 0 Å². The average molecular weight is 272 g/mol. The number of amides is 1. The Morgan fingerprint density at radius 3 is 2.65 bits per heavy atom. The van der Waals surface area contributed by atoms with Gasteiger partial charge < -0.3 is 15.6 Å². The summed E-state index contributed by atoms with van der Waals surface area (Å²) in [6.07, 6.45) is 4.42. The molecule has 5 heteroatoms. The van der Waals surface area contributed by atoms with Gasteiger partial charge in [0, 0.05) is 18.8 Å². The molecular weight excluding hydrogens is 252 g/mol. The van der Waals surface area contributed by atoms with Crippen molar-refractivity contribution in [1.82, 2.24) is 14.9 Å². The molecule has 1 unspecified atom stereocenters. The van der Waals surface area contributed by atoms with Crippen LogP contribution in [0.1, 0.15) is 18.3 Å². The van der Waals surface area contributed by atoms with Crippen LogP contribution < -0.4 is 11.1 Å². The molecule has 1 aromatic carbocycles. The van der Waals surface area contributed by atoms with E-state index in [1.807, 2.05) is 48.0 Å². The number of hydrogen-bond donors (Lipinski definition) is 2. The van der Waals surface area contributed by atoms with Crippen LogP contribution in [-0.4, -0.2) is 22.5 Å². The maximum absolute atomic E-state index is 12.1. The summed E-state index contributed by atoms with van der Waals surface area (Å²) in [5.41, 5.74) is 5.60. The van der Waals surface area contributed by atoms with Crippen LogP contribution in [0.4, 0.5) is 0 Å². The molecule has 0 bridgehead atoms. The van der Waals surface area contributed by atoms with Crippen molar-refractivity contribution < 1.29 is 4.79 Å². The lowest BCUT2D eigenvalue weighted by molar-refractivity contribution is -0.125. The number of imidazole rings is 1. The second kappa shape index (κ2) is 5.88. The van der Waals surface area contributed by atoms with Crippen LogP contribution in [0.3, 0.4) is 0 Å². The minimum atomic E-state index is -0.939. The molecule has 0 aliphatic heterocycles. The van der Waals surface area contributed by atoms with Gasteiger partial charge in [-0.2, -0.15) is 0 Å². The molecule has 1 atom stereocenters. The zero-order valence-corrected chi connectivity index (χ0v) is 11.8. The van der Waals surface area contributed by atoms with Gasteiger partial charge in [-0.1, -0.05) is 37.3 Å². The van der Waals surface area contributed by atoms with Gasteiger partial charge in [0.05, 0.1) is 6.54 Å². The minimum absolute atomic E-state index is 0.401. The van der Waals surface area contributed by atoms with Crippen molar-refractivity contribution in [2.24, 2.45) is 5.73 Å². The molecule has 5 nitrogen and oxygen atoms in total. The topological polar surface area (TPSA) is 72.9 Å². The number of nitrogens with two attached hydrogens (primary N) is 1. The van der Waals surface area contributed by atoms with Gasteiger partial charge in [-0.3, -0.25) is 4.79 Å². The third-order valence-electron chi connectivity index (χ3n) is 3.64. The summed E-state index contributed by atoms with van der Waals surface area (Å²) in [4.78, 5) is 16.4. The molecular formula is C15H20N4O. The van der Waals surface area contributed by atoms with Gasteiger partial charge in [0.1, 0.15) is 11.4 Å². The molecule has 0 saturated heterocycles. The molecule has 0 aliphatic carbocycles. The Bertz CT molecular complexity index is 579. The average Bonchev–Trinajstić information content (AvgIpc) is 2.92. The highest BCUT2D eigenvalue weighted by Gasteiger charge is 2.37. The molecule has 3 N–H and O–H groups in total. The van der Waals surface area contributed by atoms with E-state index in [0.29, 0.717) is 6.54 Å². The maximum atomic E-state index is 12.1. The van der Waals surface area contributed by atoms with Gasteiger partial charge in [0.15, 0.2) is 0 Å². The van der Waals surface area contributed by atoms with E-state index in [-0.39, 0.29) is 0 Å². The third kappa shape index (κ3) is 2.44. The number of nitrogens with one attached hydrogen (secondary N) is 1. The number of benzene rings is 1. The van der Waals surface area contributed by atoms with E-state index in [2.05, 4.69) is 10.3 Å². The van der Waals surface area contributed by atoms with Gasteiger partial charge in [0.25, 0.3) is 0 Å². The first-order chi connectivity index (χ1) is 9.64. The Kier molecular flexibility index (Phi) is 4.20. The molecule has 20 heavy (non-hydrogen) atoms. The molecule has 106 valence electrons. The van der Waals surface area contributed by atoms with Gasteiger partial charge in [-0.15, -0.1) is 0 Å². The van der Waals surface area contributed by atoms with E-state index < -0.39 is 11.4 Å². The van der Waals surface area contributed by atoms with Crippen molar-refractivity contribution in [1.29, 1.82) is 0 Å². The molecule has 0 aliphatic rings. The van der Waals surface area contributed by atoms with Crippen LogP contribution in [-0.2, 0) is 23.3 Å². The fourth-order valence-corrected chi connectivity index (χ4v) is 2.43.